The lowest BCUT2D eigenvalue weighted by Gasteiger charge is -2.26. The number of nitrogens with zero attached hydrogens (tertiary/aromatic N) is 6. The molecule has 0 radical (unpaired) electrons. The van der Waals surface area contributed by atoms with Crippen LogP contribution in [0.5, 0.6) is 0 Å². The van der Waals surface area contributed by atoms with Crippen LogP contribution in [0, 0.1) is 0 Å². The zero-order valence-electron chi connectivity index (χ0n) is 19.8. The molecule has 4 heterocycles. The summed E-state index contributed by atoms with van der Waals surface area (Å²) in [7, 11) is 1.83. The van der Waals surface area contributed by atoms with E-state index in [4.69, 9.17) is 21.3 Å². The molecule has 10 nitrogen and oxygen atoms in total. The lowest BCUT2D eigenvalue weighted by Crippen LogP contribution is -2.34. The van der Waals surface area contributed by atoms with Crippen LogP contribution < -0.4 is 5.32 Å². The Morgan fingerprint density at radius 3 is 2.92 bits per heavy atom. The number of anilines is 2. The van der Waals surface area contributed by atoms with Crippen molar-refractivity contribution in [3.63, 3.8) is 0 Å². The normalized spacial score (nSPS) is 17.8. The van der Waals surface area contributed by atoms with Crippen LogP contribution >= 0.6 is 11.6 Å². The zero-order valence-corrected chi connectivity index (χ0v) is 20.6. The summed E-state index contributed by atoms with van der Waals surface area (Å²) in [6.07, 6.45) is 4.65. The van der Waals surface area contributed by atoms with Crippen LogP contribution in [-0.4, -0.2) is 53.8 Å². The third-order valence-electron chi connectivity index (χ3n) is 6.90. The maximum Gasteiger partial charge on any atom is 0.407 e. The average molecular weight is 508 g/mol. The largest absolute Gasteiger partial charge is 0.465 e. The first-order valence-corrected chi connectivity index (χ1v) is 12.4. The van der Waals surface area contributed by atoms with Gasteiger partial charge in [0.15, 0.2) is 12.1 Å². The fourth-order valence-electron chi connectivity index (χ4n) is 4.92. The standard InChI is InChI=1S/C25H26ClN7O3/c1-31-24(29-23(30-31)16-5-6-17-14-32(25(34)35)10-9-15(17)12-16)28-19-7-8-20-18(22(19)26)13-27-33(20)21-4-2-3-11-36-21/h5-8,12-13,21H,2-4,9-11,14H2,1H3,(H,34,35)(H,28,29,30). The molecule has 186 valence electrons. The Balaban J connectivity index is 1.25. The van der Waals surface area contributed by atoms with Gasteiger partial charge in [0, 0.05) is 37.7 Å². The molecule has 2 aromatic heterocycles. The van der Waals surface area contributed by atoms with Gasteiger partial charge in [-0.3, -0.25) is 0 Å². The van der Waals surface area contributed by atoms with Crippen molar-refractivity contribution in [3.05, 3.63) is 52.7 Å². The van der Waals surface area contributed by atoms with Crippen molar-refractivity contribution in [1.82, 2.24) is 29.4 Å². The summed E-state index contributed by atoms with van der Waals surface area (Å²) in [5, 5.41) is 23.1. The van der Waals surface area contributed by atoms with E-state index in [9.17, 15) is 9.90 Å². The second kappa shape index (κ2) is 9.11. The van der Waals surface area contributed by atoms with Crippen LogP contribution in [0.15, 0.2) is 36.5 Å². The van der Waals surface area contributed by atoms with E-state index >= 15 is 0 Å². The molecule has 2 aliphatic rings. The van der Waals surface area contributed by atoms with E-state index < -0.39 is 6.09 Å². The van der Waals surface area contributed by atoms with Crippen molar-refractivity contribution in [2.75, 3.05) is 18.5 Å². The summed E-state index contributed by atoms with van der Waals surface area (Å²) in [5.74, 6) is 1.15. The maximum absolute atomic E-state index is 11.3. The summed E-state index contributed by atoms with van der Waals surface area (Å²) in [4.78, 5) is 17.4. The number of fused-ring (bicyclic) bond motifs is 2. The van der Waals surface area contributed by atoms with Gasteiger partial charge in [-0.05, 0) is 55.0 Å². The number of carboxylic acid groups (broad SMARTS) is 1. The van der Waals surface area contributed by atoms with E-state index in [2.05, 4.69) is 15.5 Å². The summed E-state index contributed by atoms with van der Waals surface area (Å²) < 4.78 is 9.49. The molecule has 1 unspecified atom stereocenters. The smallest absolute Gasteiger partial charge is 0.407 e. The average Bonchev–Trinajstić information content (AvgIpc) is 3.49. The molecular formula is C25H26ClN7O3. The molecule has 2 aliphatic heterocycles. The van der Waals surface area contributed by atoms with Crippen molar-refractivity contribution in [3.8, 4) is 11.4 Å². The summed E-state index contributed by atoms with van der Waals surface area (Å²) in [5.41, 5.74) is 4.68. The van der Waals surface area contributed by atoms with Crippen molar-refractivity contribution in [2.24, 2.45) is 7.05 Å². The highest BCUT2D eigenvalue weighted by molar-refractivity contribution is 6.38. The second-order valence-electron chi connectivity index (χ2n) is 9.22. The number of benzene rings is 2. The number of halogens is 1. The maximum atomic E-state index is 11.3. The first kappa shape index (κ1) is 22.8. The molecule has 0 spiro atoms. The van der Waals surface area contributed by atoms with Crippen LogP contribution in [-0.2, 0) is 24.8 Å². The molecule has 6 rings (SSSR count). The molecule has 1 fully saturated rings. The number of hydrogen-bond acceptors (Lipinski definition) is 6. The molecule has 4 aromatic rings. The topological polar surface area (TPSA) is 110 Å². The third kappa shape index (κ3) is 4.06. The van der Waals surface area contributed by atoms with Crippen molar-refractivity contribution < 1.29 is 14.6 Å². The van der Waals surface area contributed by atoms with E-state index in [-0.39, 0.29) is 6.23 Å². The number of carbonyl (C=O) groups is 1. The van der Waals surface area contributed by atoms with Crippen LogP contribution in [0.4, 0.5) is 16.4 Å². The van der Waals surface area contributed by atoms with Gasteiger partial charge in [0.1, 0.15) is 0 Å². The zero-order chi connectivity index (χ0) is 24.8. The van der Waals surface area contributed by atoms with Crippen molar-refractivity contribution >= 4 is 40.2 Å². The summed E-state index contributed by atoms with van der Waals surface area (Å²) in [6, 6.07) is 9.86. The third-order valence-corrected chi connectivity index (χ3v) is 7.31. The van der Waals surface area contributed by atoms with Crippen LogP contribution in [0.25, 0.3) is 22.3 Å². The highest BCUT2D eigenvalue weighted by Crippen LogP contribution is 2.35. The van der Waals surface area contributed by atoms with E-state index in [0.717, 1.165) is 59.2 Å². The lowest BCUT2D eigenvalue weighted by molar-refractivity contribution is -0.0366. The fourth-order valence-corrected chi connectivity index (χ4v) is 5.18. The SMILES string of the molecule is Cn1nc(-c2ccc3c(c2)CCN(C(=O)O)C3)nc1Nc1ccc2c(cnn2C2CCCCO2)c1Cl. The molecule has 1 amide bonds. The van der Waals surface area contributed by atoms with Crippen LogP contribution in [0.2, 0.25) is 5.02 Å². The summed E-state index contributed by atoms with van der Waals surface area (Å²) in [6.45, 7) is 1.63. The van der Waals surface area contributed by atoms with E-state index in [1.807, 2.05) is 42.1 Å². The number of amides is 1. The van der Waals surface area contributed by atoms with E-state index in [1.165, 1.54) is 4.90 Å². The molecule has 1 atom stereocenters. The molecule has 2 N–H and O–H groups in total. The minimum Gasteiger partial charge on any atom is -0.465 e. The first-order chi connectivity index (χ1) is 17.5. The van der Waals surface area contributed by atoms with Gasteiger partial charge < -0.3 is 20.1 Å². The van der Waals surface area contributed by atoms with Gasteiger partial charge in [-0.25, -0.2) is 14.2 Å². The van der Waals surface area contributed by atoms with Gasteiger partial charge in [0.25, 0.3) is 0 Å². The molecule has 0 aliphatic carbocycles. The minimum atomic E-state index is -0.890. The van der Waals surface area contributed by atoms with Gasteiger partial charge in [0.05, 0.1) is 22.4 Å². The monoisotopic (exact) mass is 507 g/mol. The van der Waals surface area contributed by atoms with E-state index in [1.54, 1.807) is 10.9 Å². The van der Waals surface area contributed by atoms with Gasteiger partial charge >= 0.3 is 6.09 Å². The molecule has 36 heavy (non-hydrogen) atoms. The molecule has 11 heteroatoms. The van der Waals surface area contributed by atoms with Gasteiger partial charge in [-0.1, -0.05) is 23.7 Å². The summed E-state index contributed by atoms with van der Waals surface area (Å²) >= 11 is 6.77. The van der Waals surface area contributed by atoms with Crippen LogP contribution in [0.1, 0.15) is 36.6 Å². The Bertz CT molecular complexity index is 1460. The molecule has 1 saturated heterocycles. The number of aryl methyl sites for hydroxylation is 1. The molecule has 0 saturated carbocycles. The number of rotatable bonds is 4. The number of hydrogen-bond donors (Lipinski definition) is 2. The van der Waals surface area contributed by atoms with E-state index in [0.29, 0.717) is 36.3 Å². The number of nitrogens with one attached hydrogen (secondary N) is 1. The second-order valence-corrected chi connectivity index (χ2v) is 9.59. The van der Waals surface area contributed by atoms with Crippen molar-refractivity contribution in [2.45, 2.75) is 38.5 Å². The van der Waals surface area contributed by atoms with Gasteiger partial charge in [-0.2, -0.15) is 10.1 Å². The van der Waals surface area contributed by atoms with Crippen molar-refractivity contribution in [1.29, 1.82) is 0 Å². The van der Waals surface area contributed by atoms with Gasteiger partial charge in [0.2, 0.25) is 5.95 Å². The highest BCUT2D eigenvalue weighted by atomic mass is 35.5. The predicted octanol–water partition coefficient (Wildman–Crippen LogP) is 4.96. The minimum absolute atomic E-state index is 0.0590. The fraction of sp³-hybridized carbons (Fsp3) is 0.360. The van der Waals surface area contributed by atoms with Gasteiger partial charge in [-0.15, -0.1) is 5.10 Å². The molecule has 2 aromatic carbocycles. The Hall–Kier alpha value is -3.63. The molecule has 0 bridgehead atoms. The highest BCUT2D eigenvalue weighted by Gasteiger charge is 2.22. The Morgan fingerprint density at radius 1 is 1.22 bits per heavy atom. The Kier molecular flexibility index (Phi) is 5.77. The first-order valence-electron chi connectivity index (χ1n) is 12.0. The lowest BCUT2D eigenvalue weighted by atomic mass is 9.97. The van der Waals surface area contributed by atoms with Crippen LogP contribution in [0.3, 0.4) is 0 Å². The Labute approximate surface area is 212 Å². The predicted molar refractivity (Wildman–Crippen MR) is 135 cm³/mol. The molecular weight excluding hydrogens is 482 g/mol. The number of aromatic nitrogens is 5. The number of ether oxygens (including phenoxy) is 1. The quantitative estimate of drug-likeness (QED) is 0.401. The Morgan fingerprint density at radius 2 is 2.11 bits per heavy atom.